The second kappa shape index (κ2) is 16.2. The van der Waals surface area contributed by atoms with Crippen molar-refractivity contribution in [3.63, 3.8) is 0 Å². The summed E-state index contributed by atoms with van der Waals surface area (Å²) in [4.78, 5) is 0. The van der Waals surface area contributed by atoms with Gasteiger partial charge in [0.25, 0.3) is 0 Å². The summed E-state index contributed by atoms with van der Waals surface area (Å²) in [6, 6.07) is 97.4. The number of fused-ring (bicyclic) bond motifs is 11. The van der Waals surface area contributed by atoms with E-state index in [1.54, 1.807) is 0 Å². The van der Waals surface area contributed by atoms with Crippen molar-refractivity contribution < 1.29 is 4.74 Å². The second-order valence-corrected chi connectivity index (χ2v) is 24.5. The third-order valence-corrected chi connectivity index (χ3v) is 21.3. The highest BCUT2D eigenvalue weighted by molar-refractivity contribution is 7.20. The first-order chi connectivity index (χ1) is 36.4. The standard InChI is InChI=1S/C71H49NOSi/c1-71(2)63-39-37-54(45-62(63)58-38-36-52(44-64(58)71)72-65-27-12-10-25-59(65)60-26-11-13-28-66(60)72)74(53-21-16-20-49(41-53)48-33-31-47(32-34-48)46-17-4-3-5-18-46)69-30-15-14-29-67(69)73-68-43-51(35-40-70(68)74)61-42-50-19-6-7-22-55(50)56-23-8-9-24-57(56)61/h3-45H,1-2H3. The molecule has 0 saturated heterocycles. The summed E-state index contributed by atoms with van der Waals surface area (Å²) < 4.78 is 9.68. The van der Waals surface area contributed by atoms with Crippen LogP contribution in [0.3, 0.4) is 0 Å². The molecule has 1 atom stereocenters. The van der Waals surface area contributed by atoms with Crippen LogP contribution in [0.1, 0.15) is 25.0 Å². The molecule has 3 heteroatoms. The van der Waals surface area contributed by atoms with Gasteiger partial charge in [0, 0.05) is 21.9 Å². The van der Waals surface area contributed by atoms with Crippen molar-refractivity contribution in [2.24, 2.45) is 0 Å². The van der Waals surface area contributed by atoms with Gasteiger partial charge in [-0.3, -0.25) is 0 Å². The van der Waals surface area contributed by atoms with Gasteiger partial charge in [0.15, 0.2) is 8.07 Å². The van der Waals surface area contributed by atoms with Gasteiger partial charge < -0.3 is 9.30 Å². The molecule has 0 radical (unpaired) electrons. The maximum absolute atomic E-state index is 7.23. The normalized spacial score (nSPS) is 15.2. The van der Waals surface area contributed by atoms with Gasteiger partial charge in [-0.2, -0.15) is 0 Å². The number of benzene rings is 12. The average Bonchev–Trinajstić information content (AvgIpc) is 3.92. The van der Waals surface area contributed by atoms with E-state index in [1.807, 2.05) is 0 Å². The summed E-state index contributed by atoms with van der Waals surface area (Å²) in [5.74, 6) is 1.83. The zero-order valence-electron chi connectivity index (χ0n) is 41.2. The van der Waals surface area contributed by atoms with Crippen LogP contribution in [-0.4, -0.2) is 12.6 Å². The number of aromatic nitrogens is 1. The zero-order valence-corrected chi connectivity index (χ0v) is 42.2. The molecule has 12 aromatic carbocycles. The van der Waals surface area contributed by atoms with E-state index in [-0.39, 0.29) is 5.41 Å². The molecule has 13 aromatic rings. The first-order valence-corrected chi connectivity index (χ1v) is 27.8. The SMILES string of the molecule is CC1(C)c2ccc([Si]3(c4cccc(-c5ccc(-c6ccccc6)cc5)c4)c4ccccc4Oc4cc(-c5cc6ccccc6c6ccccc56)ccc43)cc2-c2ccc(-n3c4ccccc4c4ccccc43)cc21. The Morgan fingerprint density at radius 2 is 0.932 bits per heavy atom. The van der Waals surface area contributed by atoms with Crippen LogP contribution >= 0.6 is 0 Å². The van der Waals surface area contributed by atoms with E-state index in [4.69, 9.17) is 4.74 Å². The van der Waals surface area contributed by atoms with E-state index >= 15 is 0 Å². The minimum absolute atomic E-state index is 0.235. The molecular weight excluding hydrogens is 911 g/mol. The molecule has 2 nitrogen and oxygen atoms in total. The summed E-state index contributed by atoms with van der Waals surface area (Å²) in [5, 5.41) is 12.7. The maximum Gasteiger partial charge on any atom is 0.188 e. The monoisotopic (exact) mass is 959 g/mol. The van der Waals surface area contributed by atoms with Crippen LogP contribution in [0.2, 0.25) is 0 Å². The molecule has 0 fully saturated rings. The summed E-state index contributed by atoms with van der Waals surface area (Å²) in [6.07, 6.45) is 0. The molecule has 1 unspecified atom stereocenters. The fraction of sp³-hybridized carbons (Fsp3) is 0.0423. The van der Waals surface area contributed by atoms with Gasteiger partial charge in [0.05, 0.1) is 11.0 Å². The average molecular weight is 960 g/mol. The molecule has 0 bridgehead atoms. The Kier molecular flexibility index (Phi) is 9.36. The van der Waals surface area contributed by atoms with Crippen molar-refractivity contribution in [2.45, 2.75) is 19.3 Å². The predicted molar refractivity (Wildman–Crippen MR) is 313 cm³/mol. The van der Waals surface area contributed by atoms with Gasteiger partial charge in [-0.25, -0.2) is 0 Å². The molecule has 0 saturated carbocycles. The topological polar surface area (TPSA) is 14.2 Å². The van der Waals surface area contributed by atoms with Crippen molar-refractivity contribution in [2.75, 3.05) is 0 Å². The lowest BCUT2D eigenvalue weighted by Gasteiger charge is -2.40. The Morgan fingerprint density at radius 3 is 1.72 bits per heavy atom. The quantitative estimate of drug-likeness (QED) is 0.120. The van der Waals surface area contributed by atoms with Crippen molar-refractivity contribution >= 4 is 72.2 Å². The zero-order chi connectivity index (χ0) is 49.1. The summed E-state index contributed by atoms with van der Waals surface area (Å²) in [5.41, 5.74) is 15.9. The molecule has 348 valence electrons. The van der Waals surface area contributed by atoms with Crippen LogP contribution in [-0.2, 0) is 5.41 Å². The van der Waals surface area contributed by atoms with E-state index in [0.717, 1.165) is 17.1 Å². The molecule has 1 aromatic heterocycles. The number of ether oxygens (including phenoxy) is 1. The third kappa shape index (κ3) is 6.23. The molecule has 2 heterocycles. The van der Waals surface area contributed by atoms with Crippen LogP contribution < -0.4 is 25.5 Å². The van der Waals surface area contributed by atoms with Gasteiger partial charge in [0.1, 0.15) is 11.5 Å². The van der Waals surface area contributed by atoms with Crippen molar-refractivity contribution in [1.29, 1.82) is 0 Å². The van der Waals surface area contributed by atoms with Crippen molar-refractivity contribution in [3.05, 3.63) is 272 Å². The van der Waals surface area contributed by atoms with Crippen LogP contribution in [0.4, 0.5) is 0 Å². The van der Waals surface area contributed by atoms with Crippen LogP contribution in [0.15, 0.2) is 261 Å². The first-order valence-electron chi connectivity index (χ1n) is 25.8. The predicted octanol–water partition coefficient (Wildman–Crippen LogP) is 15.9. The highest BCUT2D eigenvalue weighted by atomic mass is 28.3. The Bertz CT molecular complexity index is 4380. The number of hydrogen-bond acceptors (Lipinski definition) is 1. The van der Waals surface area contributed by atoms with E-state index < -0.39 is 8.07 Å². The Balaban J connectivity index is 0.955. The smallest absolute Gasteiger partial charge is 0.188 e. The lowest BCUT2D eigenvalue weighted by atomic mass is 9.82. The second-order valence-electron chi connectivity index (χ2n) is 20.8. The van der Waals surface area contributed by atoms with E-state index in [2.05, 4.69) is 279 Å². The summed E-state index contributed by atoms with van der Waals surface area (Å²) in [6.45, 7) is 4.81. The molecule has 0 N–H and O–H groups in total. The molecule has 2 aliphatic rings. The van der Waals surface area contributed by atoms with Gasteiger partial charge in [-0.05, 0) is 140 Å². The molecule has 1 aliphatic heterocycles. The number of nitrogens with zero attached hydrogens (tertiary/aromatic N) is 1. The van der Waals surface area contributed by atoms with Gasteiger partial charge in [-0.1, -0.05) is 232 Å². The van der Waals surface area contributed by atoms with Gasteiger partial charge in [-0.15, -0.1) is 0 Å². The largest absolute Gasteiger partial charge is 0.458 e. The van der Waals surface area contributed by atoms with Crippen LogP contribution in [0, 0.1) is 0 Å². The number of hydrogen-bond donors (Lipinski definition) is 0. The third-order valence-electron chi connectivity index (χ3n) is 16.5. The fourth-order valence-corrected chi connectivity index (χ4v) is 18.0. The van der Waals surface area contributed by atoms with Gasteiger partial charge in [0.2, 0.25) is 0 Å². The Hall–Kier alpha value is -9.02. The molecule has 0 amide bonds. The van der Waals surface area contributed by atoms with Crippen molar-refractivity contribution in [1.82, 2.24) is 4.57 Å². The lowest BCUT2D eigenvalue weighted by molar-refractivity contribution is 0.487. The molecular formula is C71H49NOSi. The lowest BCUT2D eigenvalue weighted by Crippen LogP contribution is -2.76. The minimum atomic E-state index is -3.18. The van der Waals surface area contributed by atoms with Crippen LogP contribution in [0.5, 0.6) is 11.5 Å². The highest BCUT2D eigenvalue weighted by Crippen LogP contribution is 2.50. The Morgan fingerprint density at radius 1 is 0.338 bits per heavy atom. The maximum atomic E-state index is 7.23. The van der Waals surface area contributed by atoms with Gasteiger partial charge >= 0.3 is 0 Å². The summed E-state index contributed by atoms with van der Waals surface area (Å²) >= 11 is 0. The number of rotatable bonds is 6. The molecule has 1 aliphatic carbocycles. The molecule has 74 heavy (non-hydrogen) atoms. The highest BCUT2D eigenvalue weighted by Gasteiger charge is 2.49. The fourth-order valence-electron chi connectivity index (χ4n) is 13.0. The summed E-state index contributed by atoms with van der Waals surface area (Å²) in [7, 11) is -3.18. The van der Waals surface area contributed by atoms with Crippen LogP contribution in [0.25, 0.3) is 93.5 Å². The number of para-hydroxylation sites is 3. The van der Waals surface area contributed by atoms with E-state index in [0.29, 0.717) is 0 Å². The van der Waals surface area contributed by atoms with Crippen molar-refractivity contribution in [3.8, 4) is 61.7 Å². The van der Waals surface area contributed by atoms with E-state index in [1.165, 1.54) is 120 Å². The molecule has 15 rings (SSSR count). The first kappa shape index (κ1) is 42.6. The van der Waals surface area contributed by atoms with E-state index in [9.17, 15) is 0 Å². The minimum Gasteiger partial charge on any atom is -0.458 e. The Labute approximate surface area is 432 Å². The molecule has 0 spiro atoms.